The van der Waals surface area contributed by atoms with Gasteiger partial charge in [0.15, 0.2) is 6.04 Å². The number of sulfonamides is 1. The normalized spacial score (nSPS) is 14.3. The minimum atomic E-state index is -3.73. The lowest BCUT2D eigenvalue weighted by atomic mass is 10.0. The lowest BCUT2D eigenvalue weighted by Gasteiger charge is -2.24. The first-order valence-electron chi connectivity index (χ1n) is 17.0. The van der Waals surface area contributed by atoms with Crippen molar-refractivity contribution in [2.45, 2.75) is 78.6 Å². The zero-order chi connectivity index (χ0) is 37.9. The van der Waals surface area contributed by atoms with E-state index in [9.17, 15) is 27.9 Å². The number of amides is 3. The maximum atomic E-state index is 13.9. The van der Waals surface area contributed by atoms with Crippen LogP contribution in [-0.4, -0.2) is 86.6 Å². The molecule has 0 bridgehead atoms. The highest BCUT2D eigenvalue weighted by atomic mass is 32.2. The predicted molar refractivity (Wildman–Crippen MR) is 202 cm³/mol. The van der Waals surface area contributed by atoms with E-state index in [1.54, 1.807) is 12.4 Å². The molecule has 0 radical (unpaired) electrons. The van der Waals surface area contributed by atoms with E-state index in [2.05, 4.69) is 31.2 Å². The molecule has 13 nitrogen and oxygen atoms in total. The van der Waals surface area contributed by atoms with Gasteiger partial charge >= 0.3 is 5.90 Å². The molecule has 0 saturated heterocycles. The molecule has 51 heavy (non-hydrogen) atoms. The molecular formula is C36H52N7O6S2+. The van der Waals surface area contributed by atoms with Gasteiger partial charge in [-0.1, -0.05) is 43.7 Å². The molecule has 15 heteroatoms. The van der Waals surface area contributed by atoms with Crippen LogP contribution in [0.4, 0.5) is 5.69 Å². The molecule has 2 aromatic carbocycles. The fraction of sp³-hybridized carbons (Fsp3) is 0.472. The topological polar surface area (TPSA) is 184 Å². The Kier molecular flexibility index (Phi) is 15.1. The Morgan fingerprint density at radius 1 is 1.00 bits per heavy atom. The molecule has 0 fully saturated rings. The molecule has 0 aliphatic rings. The number of aliphatic hydroxyl groups is 1. The molecule has 0 aliphatic carbocycles. The maximum absolute atomic E-state index is 13.9. The lowest BCUT2D eigenvalue weighted by Crippen LogP contribution is -2.76. The van der Waals surface area contributed by atoms with E-state index in [0.29, 0.717) is 19.4 Å². The van der Waals surface area contributed by atoms with Crippen LogP contribution in [0.5, 0.6) is 0 Å². The van der Waals surface area contributed by atoms with E-state index in [4.69, 9.17) is 0 Å². The van der Waals surface area contributed by atoms with Gasteiger partial charge in [0.2, 0.25) is 15.9 Å². The van der Waals surface area contributed by atoms with E-state index in [1.807, 2.05) is 64.3 Å². The standard InChI is InChI=1S/C36H51N7O6S2/c1-9-37-36(47)32(13-22(2)3)42-33(44)25(6)38-19-29(18-30-20-50-21-39-30)41-35(46)28-15-27(16-31(17-28)43(7)51(8,48)49)34(45)40-24(5)26-12-10-11-23(4)14-26/h10-12,14-17,20-22,24-25,29,32,38H,9,13,18-19H2,1-8H3,(H,37,47)(H,40,45)(H,41,46)(H,42,44)/p+1/t24?,25-,29-,32-/m0/s1. The Balaban J connectivity index is 1.85. The zero-order valence-electron chi connectivity index (χ0n) is 30.6. The fourth-order valence-corrected chi connectivity index (χ4v) is 6.37. The number of nitrogens with zero attached hydrogens (tertiary/aromatic N) is 2. The minimum absolute atomic E-state index is 0.00171. The van der Waals surface area contributed by atoms with Gasteiger partial charge < -0.3 is 26.4 Å². The molecule has 4 atom stereocenters. The number of benzene rings is 2. The van der Waals surface area contributed by atoms with E-state index >= 15 is 0 Å². The Bertz CT molecular complexity index is 1780. The van der Waals surface area contributed by atoms with Crippen LogP contribution < -0.4 is 30.6 Å². The molecular weight excluding hydrogens is 691 g/mol. The number of carbonyl (C=O) groups is 3. The van der Waals surface area contributed by atoms with E-state index in [0.717, 1.165) is 27.4 Å². The van der Waals surface area contributed by atoms with Crippen molar-refractivity contribution in [2.75, 3.05) is 30.7 Å². The second-order valence-electron chi connectivity index (χ2n) is 13.2. The number of aromatic nitrogens is 1. The highest BCUT2D eigenvalue weighted by Crippen LogP contribution is 2.22. The molecule has 3 aromatic rings. The summed E-state index contributed by atoms with van der Waals surface area (Å²) in [5, 5.41) is 24.4. The van der Waals surface area contributed by atoms with Gasteiger partial charge in [0.05, 0.1) is 35.2 Å². The molecule has 278 valence electrons. The lowest BCUT2D eigenvalue weighted by molar-refractivity contribution is -0.464. The van der Waals surface area contributed by atoms with Crippen molar-refractivity contribution < 1.29 is 32.9 Å². The smallest absolute Gasteiger partial charge is 0.355 e. The van der Waals surface area contributed by atoms with Crippen molar-refractivity contribution in [3.8, 4) is 0 Å². The zero-order valence-corrected chi connectivity index (χ0v) is 32.2. The second kappa shape index (κ2) is 18.8. The van der Waals surface area contributed by atoms with Gasteiger partial charge in [0, 0.05) is 42.6 Å². The van der Waals surface area contributed by atoms with Crippen molar-refractivity contribution in [1.82, 2.24) is 26.3 Å². The maximum Gasteiger partial charge on any atom is 0.355 e. The van der Waals surface area contributed by atoms with Gasteiger partial charge in [-0.25, -0.2) is 18.4 Å². The highest BCUT2D eigenvalue weighted by molar-refractivity contribution is 7.92. The molecule has 3 rings (SSSR count). The minimum Gasteiger partial charge on any atom is -0.462 e. The summed E-state index contributed by atoms with van der Waals surface area (Å²) in [7, 11) is -2.37. The monoisotopic (exact) mass is 742 g/mol. The summed E-state index contributed by atoms with van der Waals surface area (Å²) in [5.41, 5.74) is 4.70. The summed E-state index contributed by atoms with van der Waals surface area (Å²) >= 11 is 1.41. The summed E-state index contributed by atoms with van der Waals surface area (Å²) in [4.78, 5) is 47.8. The second-order valence-corrected chi connectivity index (χ2v) is 15.9. The van der Waals surface area contributed by atoms with E-state index in [1.165, 1.54) is 36.6 Å². The quantitative estimate of drug-likeness (QED) is 0.0848. The summed E-state index contributed by atoms with van der Waals surface area (Å²) in [5.74, 6) is -1.12. The van der Waals surface area contributed by atoms with E-state index < -0.39 is 40.0 Å². The Labute approximate surface area is 305 Å². The molecule has 1 unspecified atom stereocenters. The van der Waals surface area contributed by atoms with Crippen molar-refractivity contribution in [1.29, 1.82) is 0 Å². The Morgan fingerprint density at radius 2 is 1.67 bits per heavy atom. The first-order chi connectivity index (χ1) is 24.0. The molecule has 6 N–H and O–H groups in total. The Morgan fingerprint density at radius 3 is 2.24 bits per heavy atom. The number of carbonyl (C=O) groups excluding carboxylic acids is 3. The number of nitrogens with one attached hydrogen (secondary N) is 5. The number of aryl methyl sites for hydroxylation is 1. The summed E-state index contributed by atoms with van der Waals surface area (Å²) in [6.45, 7) is 12.0. The van der Waals surface area contributed by atoms with Crippen molar-refractivity contribution >= 4 is 50.7 Å². The van der Waals surface area contributed by atoms with Gasteiger partial charge in [0.25, 0.3) is 11.8 Å². The third kappa shape index (κ3) is 12.7. The van der Waals surface area contributed by atoms with Gasteiger partial charge in [-0.3, -0.25) is 18.7 Å². The molecule has 3 amide bonds. The number of thiazole rings is 1. The molecule has 0 spiro atoms. The number of hydrogen-bond donors (Lipinski definition) is 6. The number of anilines is 1. The SMILES string of the molecule is CC[NH+]=C(O)[C@H](CC(C)C)NC(=O)[C@H](C)NC[C@H](Cc1cscn1)NC(=O)c1cc(C(=O)NC(C)c2cccc(C)c2)cc(N(C)S(C)(=O)=O)c1. The first kappa shape index (κ1) is 41.1. The molecule has 1 aromatic heterocycles. The Hall–Kier alpha value is -4.34. The van der Waals surface area contributed by atoms with Crippen LogP contribution in [0.25, 0.3) is 0 Å². The summed E-state index contributed by atoms with van der Waals surface area (Å²) in [6.07, 6.45) is 1.92. The van der Waals surface area contributed by atoms with Gasteiger partial charge in [-0.05, 0) is 63.8 Å². The fourth-order valence-electron chi connectivity index (χ4n) is 5.31. The van der Waals surface area contributed by atoms with Crippen molar-refractivity contribution in [2.24, 2.45) is 5.92 Å². The summed E-state index contributed by atoms with van der Waals surface area (Å²) in [6, 6.07) is 9.86. The third-order valence-corrected chi connectivity index (χ3v) is 10.1. The van der Waals surface area contributed by atoms with Crippen molar-refractivity contribution in [3.05, 3.63) is 81.3 Å². The van der Waals surface area contributed by atoms with Crippen LogP contribution >= 0.6 is 11.3 Å². The van der Waals surface area contributed by atoms with Gasteiger partial charge in [-0.15, -0.1) is 11.3 Å². The number of aliphatic hydroxyl groups excluding tert-OH is 1. The predicted octanol–water partition coefficient (Wildman–Crippen LogP) is 2.25. The number of rotatable bonds is 18. The van der Waals surface area contributed by atoms with Crippen LogP contribution in [0.1, 0.15) is 84.6 Å². The molecule has 0 aliphatic heterocycles. The third-order valence-electron chi connectivity index (χ3n) is 8.24. The molecule has 1 heterocycles. The van der Waals surface area contributed by atoms with Crippen LogP contribution in [0, 0.1) is 12.8 Å². The number of hydrogen-bond acceptors (Lipinski definition) is 8. The van der Waals surface area contributed by atoms with Crippen LogP contribution in [0.3, 0.4) is 0 Å². The van der Waals surface area contributed by atoms with Crippen molar-refractivity contribution in [3.63, 3.8) is 0 Å². The van der Waals surface area contributed by atoms with Gasteiger partial charge in [-0.2, -0.15) is 0 Å². The van der Waals surface area contributed by atoms with Crippen LogP contribution in [0.2, 0.25) is 0 Å². The average Bonchev–Trinajstić information content (AvgIpc) is 3.58. The molecule has 0 saturated carbocycles. The van der Waals surface area contributed by atoms with Crippen LogP contribution in [0.15, 0.2) is 53.4 Å². The highest BCUT2D eigenvalue weighted by Gasteiger charge is 2.27. The average molecular weight is 743 g/mol. The first-order valence-corrected chi connectivity index (χ1v) is 19.7. The summed E-state index contributed by atoms with van der Waals surface area (Å²) < 4.78 is 26.0. The van der Waals surface area contributed by atoms with E-state index in [-0.39, 0.29) is 47.1 Å². The van der Waals surface area contributed by atoms with Gasteiger partial charge in [0.1, 0.15) is 6.54 Å². The van der Waals surface area contributed by atoms with Crippen LogP contribution in [-0.2, 0) is 21.2 Å². The largest absolute Gasteiger partial charge is 0.462 e.